The van der Waals surface area contributed by atoms with Gasteiger partial charge in [0.05, 0.1) is 27.9 Å². The molecule has 1 atom stereocenters. The van der Waals surface area contributed by atoms with Crippen LogP contribution in [0.25, 0.3) is 33.7 Å². The second-order valence-electron chi connectivity index (χ2n) is 11.0. The van der Waals surface area contributed by atoms with E-state index in [1.807, 2.05) is 33.8 Å². The monoisotopic (exact) mass is 538 g/mol. The van der Waals surface area contributed by atoms with E-state index in [0.717, 1.165) is 5.69 Å². The fourth-order valence-electron chi connectivity index (χ4n) is 4.89. The number of pyridine rings is 2. The number of hydrogen-bond donors (Lipinski definition) is 2. The van der Waals surface area contributed by atoms with Crippen molar-refractivity contribution in [3.63, 3.8) is 0 Å². The minimum absolute atomic E-state index is 0.0849. The third-order valence-corrected chi connectivity index (χ3v) is 6.68. The quantitative estimate of drug-likeness (QED) is 0.367. The van der Waals surface area contributed by atoms with E-state index in [4.69, 9.17) is 4.74 Å². The van der Waals surface area contributed by atoms with Crippen molar-refractivity contribution >= 4 is 22.9 Å². The van der Waals surface area contributed by atoms with Crippen LogP contribution in [0.4, 0.5) is 14.9 Å². The maximum absolute atomic E-state index is 14.2. The van der Waals surface area contributed by atoms with Gasteiger partial charge < -0.3 is 19.9 Å². The maximum Gasteiger partial charge on any atom is 0.408 e. The summed E-state index contributed by atoms with van der Waals surface area (Å²) < 4.78 is 19.7. The molecule has 1 saturated heterocycles. The molecule has 0 aliphatic carbocycles. The molecule has 0 unspecified atom stereocenters. The average Bonchev–Trinajstić information content (AvgIpc) is 3.51. The Balaban J connectivity index is 1.62. The molecule has 10 nitrogen and oxygen atoms in total. The van der Waals surface area contributed by atoms with Gasteiger partial charge >= 0.3 is 6.09 Å². The first-order valence-electron chi connectivity index (χ1n) is 12.7. The number of aromatic amines is 1. The topological polar surface area (TPSA) is 144 Å². The van der Waals surface area contributed by atoms with E-state index >= 15 is 0 Å². The molecule has 1 aliphatic heterocycles. The number of nitrogens with zero attached hydrogens (tertiary/aromatic N) is 6. The van der Waals surface area contributed by atoms with Crippen LogP contribution in [0.15, 0.2) is 42.9 Å². The van der Waals surface area contributed by atoms with Gasteiger partial charge in [-0.05, 0) is 57.9 Å². The molecule has 1 amide bonds. The zero-order valence-corrected chi connectivity index (χ0v) is 22.5. The Labute approximate surface area is 230 Å². The number of nitriles is 2. The van der Waals surface area contributed by atoms with Gasteiger partial charge in [-0.15, -0.1) is 0 Å². The summed E-state index contributed by atoms with van der Waals surface area (Å²) in [7, 11) is 0. The molecule has 1 aliphatic rings. The fourth-order valence-corrected chi connectivity index (χ4v) is 4.89. The van der Waals surface area contributed by atoms with Crippen molar-refractivity contribution in [2.45, 2.75) is 45.3 Å². The van der Waals surface area contributed by atoms with E-state index in [-0.39, 0.29) is 5.56 Å². The molecule has 0 spiro atoms. The molecular weight excluding hydrogens is 511 g/mol. The number of carbonyl (C=O) groups is 1. The highest BCUT2D eigenvalue weighted by Crippen LogP contribution is 2.41. The van der Waals surface area contributed by atoms with Crippen LogP contribution in [0.1, 0.15) is 45.2 Å². The lowest BCUT2D eigenvalue weighted by Crippen LogP contribution is -2.49. The minimum atomic E-state index is -0.636. The zero-order chi connectivity index (χ0) is 28.7. The molecule has 2 N–H and O–H groups in total. The van der Waals surface area contributed by atoms with Crippen molar-refractivity contribution in [2.24, 2.45) is 0 Å². The van der Waals surface area contributed by atoms with Crippen molar-refractivity contribution < 1.29 is 13.9 Å². The molecule has 11 heteroatoms. The summed E-state index contributed by atoms with van der Waals surface area (Å²) in [5, 5.41) is 22.0. The first kappa shape index (κ1) is 26.6. The van der Waals surface area contributed by atoms with Crippen LogP contribution in [-0.4, -0.2) is 50.3 Å². The number of rotatable bonds is 4. The summed E-state index contributed by atoms with van der Waals surface area (Å²) in [6, 6.07) is 10.00. The van der Waals surface area contributed by atoms with Gasteiger partial charge in [-0.2, -0.15) is 10.5 Å². The van der Waals surface area contributed by atoms with Gasteiger partial charge in [-0.25, -0.2) is 19.2 Å². The lowest BCUT2D eigenvalue weighted by molar-refractivity contribution is 0.0473. The lowest BCUT2D eigenvalue weighted by Gasteiger charge is -2.30. The van der Waals surface area contributed by atoms with E-state index in [0.29, 0.717) is 58.8 Å². The second kappa shape index (κ2) is 9.93. The van der Waals surface area contributed by atoms with Crippen molar-refractivity contribution in [2.75, 3.05) is 18.0 Å². The second-order valence-corrected chi connectivity index (χ2v) is 11.0. The van der Waals surface area contributed by atoms with E-state index in [9.17, 15) is 19.7 Å². The third-order valence-electron chi connectivity index (χ3n) is 6.68. The number of ether oxygens (including phenoxy) is 1. The van der Waals surface area contributed by atoms with Crippen LogP contribution in [0.3, 0.4) is 0 Å². The van der Waals surface area contributed by atoms with E-state index < -0.39 is 23.1 Å². The number of carbonyl (C=O) groups excluding carboxylic acids is 1. The number of amides is 1. The molecule has 1 aromatic carbocycles. The van der Waals surface area contributed by atoms with Crippen LogP contribution in [0.2, 0.25) is 0 Å². The Hall–Kier alpha value is -5.03. The number of hydrogen-bond acceptors (Lipinski definition) is 8. The van der Waals surface area contributed by atoms with Gasteiger partial charge in [0.2, 0.25) is 0 Å². The van der Waals surface area contributed by atoms with Gasteiger partial charge in [0.15, 0.2) is 5.65 Å². The minimum Gasteiger partial charge on any atom is -0.444 e. The number of nitrogens with one attached hydrogen (secondary N) is 2. The van der Waals surface area contributed by atoms with Gasteiger partial charge in [-0.3, -0.25) is 4.98 Å². The standard InChI is InChI=1S/C29H27FN8O2/c1-28(2,3)40-27(39)37-29(4)8-10-38(16-29)24-20(17-5-6-22(30)19(11-17)13-32)14-33-15-21(24)25-35-23-18(12-31)7-9-34-26(23)36-25/h5-7,9,11,14-15H,8,10,16H2,1-4H3,(H,37,39)(H,34,35,36)/t29-/m0/s1. The molecule has 4 heterocycles. The lowest BCUT2D eigenvalue weighted by atomic mass is 9.99. The molecule has 5 rings (SSSR count). The predicted octanol–water partition coefficient (Wildman–Crippen LogP) is 5.06. The number of imidazole rings is 1. The van der Waals surface area contributed by atoms with Crippen molar-refractivity contribution in [3.05, 3.63) is 59.8 Å². The number of H-pyrrole nitrogens is 1. The molecule has 40 heavy (non-hydrogen) atoms. The summed E-state index contributed by atoms with van der Waals surface area (Å²) in [4.78, 5) is 31.3. The summed E-state index contributed by atoms with van der Waals surface area (Å²) in [5.41, 5.74) is 2.58. The van der Waals surface area contributed by atoms with Crippen LogP contribution >= 0.6 is 0 Å². The SMILES string of the molecule is CC(C)(C)OC(=O)N[C@@]1(C)CCN(c2c(-c3ccc(F)c(C#N)c3)cncc2-c2nc3nccc(C#N)c3[nH]2)C1. The number of anilines is 1. The fraction of sp³-hybridized carbons (Fsp3) is 0.310. The third kappa shape index (κ3) is 5.14. The smallest absolute Gasteiger partial charge is 0.408 e. The van der Waals surface area contributed by atoms with Gasteiger partial charge in [-0.1, -0.05) is 6.07 Å². The Morgan fingerprint density at radius 3 is 2.65 bits per heavy atom. The summed E-state index contributed by atoms with van der Waals surface area (Å²) >= 11 is 0. The first-order valence-corrected chi connectivity index (χ1v) is 12.7. The van der Waals surface area contributed by atoms with Crippen LogP contribution in [0.5, 0.6) is 0 Å². The van der Waals surface area contributed by atoms with Gasteiger partial charge in [0.25, 0.3) is 0 Å². The number of fused-ring (bicyclic) bond motifs is 1. The highest BCUT2D eigenvalue weighted by Gasteiger charge is 2.38. The average molecular weight is 539 g/mol. The van der Waals surface area contributed by atoms with Crippen LogP contribution in [-0.2, 0) is 4.74 Å². The number of alkyl carbamates (subject to hydrolysis) is 1. The summed E-state index contributed by atoms with van der Waals surface area (Å²) in [5.74, 6) is -0.162. The molecule has 202 valence electrons. The van der Waals surface area contributed by atoms with E-state index in [1.165, 1.54) is 18.3 Å². The molecule has 4 aromatic rings. The Morgan fingerprint density at radius 1 is 1.18 bits per heavy atom. The first-order chi connectivity index (χ1) is 19.0. The molecule has 0 saturated carbocycles. The summed E-state index contributed by atoms with van der Waals surface area (Å²) in [6.45, 7) is 8.39. The molecule has 3 aromatic heterocycles. The Bertz CT molecular complexity index is 1710. The highest BCUT2D eigenvalue weighted by atomic mass is 19.1. The summed E-state index contributed by atoms with van der Waals surface area (Å²) in [6.07, 6.45) is 4.97. The van der Waals surface area contributed by atoms with Crippen LogP contribution in [0, 0.1) is 28.5 Å². The van der Waals surface area contributed by atoms with Crippen molar-refractivity contribution in [1.29, 1.82) is 10.5 Å². The van der Waals surface area contributed by atoms with Gasteiger partial charge in [0, 0.05) is 37.2 Å². The highest BCUT2D eigenvalue weighted by molar-refractivity contribution is 5.91. The van der Waals surface area contributed by atoms with Crippen molar-refractivity contribution in [3.8, 4) is 34.7 Å². The number of aromatic nitrogens is 4. The normalized spacial score (nSPS) is 16.9. The molecular formula is C29H27FN8O2. The van der Waals surface area contributed by atoms with Gasteiger partial charge in [0.1, 0.15) is 34.9 Å². The number of halogens is 1. The molecule has 0 radical (unpaired) electrons. The molecule has 1 fully saturated rings. The van der Waals surface area contributed by atoms with Crippen molar-refractivity contribution in [1.82, 2.24) is 25.3 Å². The number of benzene rings is 1. The maximum atomic E-state index is 14.2. The van der Waals surface area contributed by atoms with E-state index in [2.05, 4.69) is 36.2 Å². The molecule has 0 bridgehead atoms. The van der Waals surface area contributed by atoms with E-state index in [1.54, 1.807) is 24.5 Å². The van der Waals surface area contributed by atoms with Crippen LogP contribution < -0.4 is 10.2 Å². The predicted molar refractivity (Wildman–Crippen MR) is 147 cm³/mol. The largest absolute Gasteiger partial charge is 0.444 e. The zero-order valence-electron chi connectivity index (χ0n) is 22.5. The Kier molecular flexibility index (Phi) is 6.60. The Morgan fingerprint density at radius 2 is 1.93 bits per heavy atom.